The molecule has 0 bridgehead atoms. The molecule has 0 unspecified atom stereocenters. The van der Waals surface area contributed by atoms with Gasteiger partial charge in [-0.25, -0.2) is 4.79 Å². The van der Waals surface area contributed by atoms with Gasteiger partial charge in [0.25, 0.3) is 5.56 Å². The van der Waals surface area contributed by atoms with Crippen LogP contribution in [-0.2, 0) is 24.9 Å². The summed E-state index contributed by atoms with van der Waals surface area (Å²) in [7, 11) is 3.19. The number of ether oxygens (including phenoxy) is 2. The van der Waals surface area contributed by atoms with E-state index in [-0.39, 0.29) is 24.6 Å². The van der Waals surface area contributed by atoms with Crippen molar-refractivity contribution in [1.82, 2.24) is 18.7 Å². The normalized spacial score (nSPS) is 15.5. The standard InChI is InChI=1S/C25H27N5O4/c1-17-15-29(18-9-11-20(12-10-18)34-19-7-5-4-6-8-19)24-26-22-21(30(24)16-17)23(31)28(13-14-33-3)25(32)27(22)2/h4-12,17H,13-16H2,1-3H3/t17-/m1/s1. The molecule has 1 aliphatic heterocycles. The summed E-state index contributed by atoms with van der Waals surface area (Å²) in [4.78, 5) is 33.0. The van der Waals surface area contributed by atoms with Crippen LogP contribution >= 0.6 is 0 Å². The zero-order chi connectivity index (χ0) is 23.8. The van der Waals surface area contributed by atoms with E-state index in [0.29, 0.717) is 23.7 Å². The van der Waals surface area contributed by atoms with Crippen LogP contribution in [-0.4, -0.2) is 38.9 Å². The van der Waals surface area contributed by atoms with Crippen molar-refractivity contribution in [2.45, 2.75) is 20.0 Å². The Labute approximate surface area is 196 Å². The Morgan fingerprint density at radius 2 is 1.71 bits per heavy atom. The minimum atomic E-state index is -0.396. The third-order valence-corrected chi connectivity index (χ3v) is 6.09. The summed E-state index contributed by atoms with van der Waals surface area (Å²) < 4.78 is 15.6. The molecule has 3 heterocycles. The average molecular weight is 462 g/mol. The highest BCUT2D eigenvalue weighted by Crippen LogP contribution is 2.34. The fraction of sp³-hybridized carbons (Fsp3) is 0.320. The van der Waals surface area contributed by atoms with Crippen LogP contribution in [0.3, 0.4) is 0 Å². The van der Waals surface area contributed by atoms with Gasteiger partial charge in [0.15, 0.2) is 11.2 Å². The highest BCUT2D eigenvalue weighted by Gasteiger charge is 2.29. The summed E-state index contributed by atoms with van der Waals surface area (Å²) in [5.74, 6) is 2.43. The SMILES string of the molecule is COCCn1c(=O)c2c(nc3n2C[C@H](C)CN3c2ccc(Oc3ccccc3)cc2)n(C)c1=O. The van der Waals surface area contributed by atoms with Gasteiger partial charge >= 0.3 is 5.69 Å². The number of imidazole rings is 1. The van der Waals surface area contributed by atoms with Gasteiger partial charge in [-0.1, -0.05) is 25.1 Å². The Kier molecular flexibility index (Phi) is 5.70. The van der Waals surface area contributed by atoms with Crippen molar-refractivity contribution in [1.29, 1.82) is 0 Å². The van der Waals surface area contributed by atoms with Crippen molar-refractivity contribution in [2.24, 2.45) is 13.0 Å². The quantitative estimate of drug-likeness (QED) is 0.439. The predicted octanol–water partition coefficient (Wildman–Crippen LogP) is 3.12. The lowest BCUT2D eigenvalue weighted by molar-refractivity contribution is 0.184. The van der Waals surface area contributed by atoms with E-state index in [0.717, 1.165) is 23.7 Å². The summed E-state index contributed by atoms with van der Waals surface area (Å²) >= 11 is 0. The summed E-state index contributed by atoms with van der Waals surface area (Å²) in [5.41, 5.74) is 1.03. The molecule has 176 valence electrons. The molecule has 5 rings (SSSR count). The van der Waals surface area contributed by atoms with Crippen molar-refractivity contribution in [3.63, 3.8) is 0 Å². The van der Waals surface area contributed by atoms with Crippen LogP contribution in [0.2, 0.25) is 0 Å². The van der Waals surface area contributed by atoms with E-state index in [4.69, 9.17) is 14.5 Å². The second kappa shape index (κ2) is 8.83. The van der Waals surface area contributed by atoms with Crippen LogP contribution in [0.4, 0.5) is 11.6 Å². The predicted molar refractivity (Wildman–Crippen MR) is 130 cm³/mol. The van der Waals surface area contributed by atoms with E-state index in [2.05, 4.69) is 11.8 Å². The maximum Gasteiger partial charge on any atom is 0.332 e. The molecule has 0 N–H and O–H groups in total. The van der Waals surface area contributed by atoms with E-state index in [1.165, 1.54) is 9.13 Å². The van der Waals surface area contributed by atoms with Crippen molar-refractivity contribution >= 4 is 22.8 Å². The third-order valence-electron chi connectivity index (χ3n) is 6.09. The molecule has 0 amide bonds. The summed E-state index contributed by atoms with van der Waals surface area (Å²) in [6.45, 7) is 4.01. The maximum absolute atomic E-state index is 13.3. The molecule has 1 atom stereocenters. The topological polar surface area (TPSA) is 83.5 Å². The average Bonchev–Trinajstić information content (AvgIpc) is 3.23. The highest BCUT2D eigenvalue weighted by molar-refractivity contribution is 5.77. The first-order chi connectivity index (χ1) is 16.5. The van der Waals surface area contributed by atoms with Crippen molar-refractivity contribution in [3.05, 3.63) is 75.4 Å². The highest BCUT2D eigenvalue weighted by atomic mass is 16.5. The smallest absolute Gasteiger partial charge is 0.332 e. The first-order valence-electron chi connectivity index (χ1n) is 11.3. The molecule has 4 aromatic rings. The summed E-state index contributed by atoms with van der Waals surface area (Å²) in [6.07, 6.45) is 0. The van der Waals surface area contributed by atoms with Crippen molar-refractivity contribution < 1.29 is 9.47 Å². The van der Waals surface area contributed by atoms with Crippen molar-refractivity contribution in [3.8, 4) is 11.5 Å². The molecule has 2 aromatic carbocycles. The van der Waals surface area contributed by atoms with Crippen LogP contribution in [0.5, 0.6) is 11.5 Å². The first kappa shape index (κ1) is 22.0. The van der Waals surface area contributed by atoms with Gasteiger partial charge in [-0.15, -0.1) is 0 Å². The molecule has 34 heavy (non-hydrogen) atoms. The van der Waals surface area contributed by atoms with Gasteiger partial charge in [0.1, 0.15) is 11.5 Å². The van der Waals surface area contributed by atoms with Gasteiger partial charge in [-0.2, -0.15) is 4.98 Å². The van der Waals surface area contributed by atoms with Crippen LogP contribution in [0.25, 0.3) is 11.2 Å². The first-order valence-corrected chi connectivity index (χ1v) is 11.3. The summed E-state index contributed by atoms with van der Waals surface area (Å²) in [6, 6.07) is 17.4. The van der Waals surface area contributed by atoms with Gasteiger partial charge in [0, 0.05) is 32.9 Å². The number of aryl methyl sites for hydroxylation is 1. The van der Waals surface area contributed by atoms with Gasteiger partial charge in [-0.05, 0) is 42.3 Å². The Morgan fingerprint density at radius 1 is 1.00 bits per heavy atom. The van der Waals surface area contributed by atoms with E-state index in [1.807, 2.05) is 59.2 Å². The lowest BCUT2D eigenvalue weighted by atomic mass is 10.1. The minimum absolute atomic E-state index is 0.195. The Balaban J connectivity index is 1.56. The molecule has 9 nitrogen and oxygen atoms in total. The molecular formula is C25H27N5O4. The monoisotopic (exact) mass is 461 g/mol. The molecule has 0 saturated heterocycles. The molecule has 0 aliphatic carbocycles. The lowest BCUT2D eigenvalue weighted by Gasteiger charge is -2.33. The van der Waals surface area contributed by atoms with Crippen LogP contribution < -0.4 is 20.9 Å². The number of benzene rings is 2. The molecular weight excluding hydrogens is 434 g/mol. The number of fused-ring (bicyclic) bond motifs is 3. The van der Waals surface area contributed by atoms with E-state index in [1.54, 1.807) is 14.2 Å². The number of hydrogen-bond donors (Lipinski definition) is 0. The molecule has 1 aliphatic rings. The molecule has 0 radical (unpaired) electrons. The van der Waals surface area contributed by atoms with Gasteiger partial charge in [0.2, 0.25) is 5.95 Å². The minimum Gasteiger partial charge on any atom is -0.457 e. The number of methoxy groups -OCH3 is 1. The number of rotatable bonds is 6. The lowest BCUT2D eigenvalue weighted by Crippen LogP contribution is -2.41. The number of anilines is 2. The number of para-hydroxylation sites is 1. The van der Waals surface area contributed by atoms with Gasteiger partial charge in [0.05, 0.1) is 13.2 Å². The van der Waals surface area contributed by atoms with E-state index < -0.39 is 5.69 Å². The second-order valence-electron chi connectivity index (χ2n) is 8.61. The van der Waals surface area contributed by atoms with Crippen LogP contribution in [0.15, 0.2) is 64.2 Å². The second-order valence-corrected chi connectivity index (χ2v) is 8.61. The molecule has 2 aromatic heterocycles. The van der Waals surface area contributed by atoms with E-state index in [9.17, 15) is 9.59 Å². The molecule has 9 heteroatoms. The van der Waals surface area contributed by atoms with Crippen LogP contribution in [0, 0.1) is 5.92 Å². The van der Waals surface area contributed by atoms with Gasteiger partial charge in [-0.3, -0.25) is 13.9 Å². The Morgan fingerprint density at radius 3 is 2.41 bits per heavy atom. The van der Waals surface area contributed by atoms with Crippen LogP contribution in [0.1, 0.15) is 6.92 Å². The molecule has 0 spiro atoms. The Hall–Kier alpha value is -3.85. The zero-order valence-electron chi connectivity index (χ0n) is 19.5. The third kappa shape index (κ3) is 3.77. The van der Waals surface area contributed by atoms with Gasteiger partial charge < -0.3 is 18.9 Å². The molecule has 0 fully saturated rings. The van der Waals surface area contributed by atoms with E-state index >= 15 is 0 Å². The number of nitrogens with zero attached hydrogens (tertiary/aromatic N) is 5. The molecule has 0 saturated carbocycles. The Bertz CT molecular complexity index is 1440. The maximum atomic E-state index is 13.3. The largest absolute Gasteiger partial charge is 0.457 e. The van der Waals surface area contributed by atoms with Crippen molar-refractivity contribution in [2.75, 3.05) is 25.2 Å². The summed E-state index contributed by atoms with van der Waals surface area (Å²) in [5, 5.41) is 0. The fourth-order valence-corrected chi connectivity index (χ4v) is 4.42. The zero-order valence-corrected chi connectivity index (χ0v) is 19.5. The number of aromatic nitrogens is 4. The number of hydrogen-bond acceptors (Lipinski definition) is 6. The fourth-order valence-electron chi connectivity index (χ4n) is 4.42.